The van der Waals surface area contributed by atoms with Crippen molar-refractivity contribution in [1.29, 1.82) is 0 Å². The molecular formula is C14H27N3O2. The molecule has 2 atom stereocenters. The summed E-state index contributed by atoms with van der Waals surface area (Å²) in [4.78, 5) is 14.0. The number of nitrogens with one attached hydrogen (secondary N) is 2. The minimum Gasteiger partial charge on any atom is -0.444 e. The molecule has 2 saturated heterocycles. The van der Waals surface area contributed by atoms with E-state index in [1.807, 2.05) is 20.8 Å². The van der Waals surface area contributed by atoms with Gasteiger partial charge in [0.15, 0.2) is 0 Å². The first kappa shape index (κ1) is 14.6. The fraction of sp³-hybridized carbons (Fsp3) is 0.929. The lowest BCUT2D eigenvalue weighted by Gasteiger charge is -2.20. The van der Waals surface area contributed by atoms with Gasteiger partial charge in [-0.1, -0.05) is 0 Å². The Morgan fingerprint density at radius 3 is 2.89 bits per heavy atom. The molecule has 0 bridgehead atoms. The van der Waals surface area contributed by atoms with Crippen molar-refractivity contribution >= 4 is 6.09 Å². The van der Waals surface area contributed by atoms with Gasteiger partial charge in [-0.15, -0.1) is 0 Å². The van der Waals surface area contributed by atoms with Crippen LogP contribution >= 0.6 is 0 Å². The second-order valence-corrected chi connectivity index (χ2v) is 6.65. The van der Waals surface area contributed by atoms with Crippen LogP contribution in [-0.4, -0.2) is 55.4 Å². The van der Waals surface area contributed by atoms with Crippen LogP contribution in [0.4, 0.5) is 4.79 Å². The van der Waals surface area contributed by atoms with E-state index >= 15 is 0 Å². The Morgan fingerprint density at radius 2 is 2.21 bits per heavy atom. The topological polar surface area (TPSA) is 53.6 Å². The van der Waals surface area contributed by atoms with E-state index in [1.54, 1.807) is 0 Å². The highest BCUT2D eigenvalue weighted by Gasteiger charge is 2.35. The first-order valence-corrected chi connectivity index (χ1v) is 7.36. The second-order valence-electron chi connectivity index (χ2n) is 6.65. The summed E-state index contributed by atoms with van der Waals surface area (Å²) in [5.74, 6) is 0.846. The minimum absolute atomic E-state index is 0.313. The molecule has 0 aromatic carbocycles. The molecule has 5 nitrogen and oxygen atoms in total. The molecule has 2 fully saturated rings. The fourth-order valence-corrected chi connectivity index (χ4v) is 2.93. The molecule has 2 N–H and O–H groups in total. The number of fused-ring (bicyclic) bond motifs is 1. The Kier molecular flexibility index (Phi) is 4.68. The molecule has 2 unspecified atom stereocenters. The highest BCUT2D eigenvalue weighted by molar-refractivity contribution is 5.67. The van der Waals surface area contributed by atoms with E-state index in [0.717, 1.165) is 25.4 Å². The van der Waals surface area contributed by atoms with Crippen LogP contribution in [0.2, 0.25) is 0 Å². The molecule has 2 rings (SSSR count). The van der Waals surface area contributed by atoms with Crippen LogP contribution in [0.1, 0.15) is 33.6 Å². The van der Waals surface area contributed by atoms with Crippen LogP contribution in [-0.2, 0) is 4.74 Å². The zero-order chi connectivity index (χ0) is 13.9. The van der Waals surface area contributed by atoms with E-state index in [4.69, 9.17) is 4.74 Å². The van der Waals surface area contributed by atoms with E-state index in [1.165, 1.54) is 19.5 Å². The molecule has 0 aromatic rings. The summed E-state index contributed by atoms with van der Waals surface area (Å²) in [6.07, 6.45) is 1.99. The molecule has 0 radical (unpaired) electrons. The van der Waals surface area contributed by atoms with Crippen molar-refractivity contribution < 1.29 is 9.53 Å². The highest BCUT2D eigenvalue weighted by atomic mass is 16.6. The molecule has 0 aromatic heterocycles. The number of carbonyl (C=O) groups is 1. The summed E-state index contributed by atoms with van der Waals surface area (Å²) in [6, 6.07) is 0.707. The third-order valence-electron chi connectivity index (χ3n) is 3.76. The van der Waals surface area contributed by atoms with Gasteiger partial charge >= 0.3 is 6.09 Å². The van der Waals surface area contributed by atoms with Gasteiger partial charge in [0.1, 0.15) is 5.60 Å². The normalized spacial score (nSPS) is 27.3. The number of alkyl carbamates (subject to hydrolysis) is 1. The monoisotopic (exact) mass is 269 g/mol. The van der Waals surface area contributed by atoms with E-state index in [9.17, 15) is 4.79 Å². The quantitative estimate of drug-likeness (QED) is 0.753. The molecule has 2 heterocycles. The first-order chi connectivity index (χ1) is 8.94. The summed E-state index contributed by atoms with van der Waals surface area (Å²) in [5.41, 5.74) is -0.415. The highest BCUT2D eigenvalue weighted by Crippen LogP contribution is 2.24. The van der Waals surface area contributed by atoms with Crippen molar-refractivity contribution in [3.05, 3.63) is 0 Å². The predicted octanol–water partition coefficient (Wildman–Crippen LogP) is 1.19. The van der Waals surface area contributed by atoms with Crippen molar-refractivity contribution in [2.75, 3.05) is 32.7 Å². The Morgan fingerprint density at radius 1 is 1.42 bits per heavy atom. The first-order valence-electron chi connectivity index (χ1n) is 7.36. The molecular weight excluding hydrogens is 242 g/mol. The second kappa shape index (κ2) is 6.09. The lowest BCUT2D eigenvalue weighted by atomic mass is 10.1. The standard InChI is InChI=1S/C14H27N3O2/c1-14(2,3)19-13(18)16-6-4-8-17-9-11-5-7-15-12(11)10-17/h11-12,15H,4-10H2,1-3H3,(H,16,18). The van der Waals surface area contributed by atoms with E-state index < -0.39 is 5.60 Å². The van der Waals surface area contributed by atoms with Crippen molar-refractivity contribution in [2.24, 2.45) is 5.92 Å². The maximum atomic E-state index is 11.5. The summed E-state index contributed by atoms with van der Waals surface area (Å²) in [6.45, 7) is 10.9. The third-order valence-corrected chi connectivity index (χ3v) is 3.76. The summed E-state index contributed by atoms with van der Waals surface area (Å²) in [7, 11) is 0. The van der Waals surface area contributed by atoms with E-state index in [-0.39, 0.29) is 6.09 Å². The summed E-state index contributed by atoms with van der Waals surface area (Å²) < 4.78 is 5.20. The number of ether oxygens (including phenoxy) is 1. The van der Waals surface area contributed by atoms with Crippen LogP contribution in [0.25, 0.3) is 0 Å². The van der Waals surface area contributed by atoms with E-state index in [2.05, 4.69) is 15.5 Å². The van der Waals surface area contributed by atoms with Crippen molar-refractivity contribution in [3.63, 3.8) is 0 Å². The molecule has 2 aliphatic heterocycles. The van der Waals surface area contributed by atoms with Gasteiger partial charge in [0.2, 0.25) is 0 Å². The van der Waals surface area contributed by atoms with Crippen LogP contribution < -0.4 is 10.6 Å². The van der Waals surface area contributed by atoms with Gasteiger partial charge in [0, 0.05) is 25.7 Å². The van der Waals surface area contributed by atoms with Crippen LogP contribution in [0.15, 0.2) is 0 Å². The van der Waals surface area contributed by atoms with Gasteiger partial charge in [0.25, 0.3) is 0 Å². The Bertz CT molecular complexity index is 302. The molecule has 2 aliphatic rings. The number of hydrogen-bond donors (Lipinski definition) is 2. The van der Waals surface area contributed by atoms with Gasteiger partial charge in [-0.2, -0.15) is 0 Å². The van der Waals surface area contributed by atoms with Crippen LogP contribution in [0.5, 0.6) is 0 Å². The van der Waals surface area contributed by atoms with Crippen LogP contribution in [0, 0.1) is 5.92 Å². The van der Waals surface area contributed by atoms with Gasteiger partial charge in [-0.3, -0.25) is 0 Å². The van der Waals surface area contributed by atoms with Crippen molar-refractivity contribution in [2.45, 2.75) is 45.3 Å². The molecule has 5 heteroatoms. The lowest BCUT2D eigenvalue weighted by Crippen LogP contribution is -2.35. The third kappa shape index (κ3) is 4.66. The number of carbonyl (C=O) groups excluding carboxylic acids is 1. The van der Waals surface area contributed by atoms with E-state index in [0.29, 0.717) is 12.6 Å². The van der Waals surface area contributed by atoms with Gasteiger partial charge < -0.3 is 20.3 Å². The Balaban J connectivity index is 1.54. The SMILES string of the molecule is CC(C)(C)OC(=O)NCCCN1CC2CCNC2C1. The van der Waals surface area contributed by atoms with Gasteiger partial charge in [0.05, 0.1) is 0 Å². The number of hydrogen-bond acceptors (Lipinski definition) is 4. The predicted molar refractivity (Wildman–Crippen MR) is 75.2 cm³/mol. The zero-order valence-corrected chi connectivity index (χ0v) is 12.4. The lowest BCUT2D eigenvalue weighted by molar-refractivity contribution is 0.0526. The zero-order valence-electron chi connectivity index (χ0n) is 12.4. The minimum atomic E-state index is -0.415. The molecule has 1 amide bonds. The fourth-order valence-electron chi connectivity index (χ4n) is 2.93. The molecule has 0 aliphatic carbocycles. The number of likely N-dealkylation sites (tertiary alicyclic amines) is 1. The average Bonchev–Trinajstić information content (AvgIpc) is 2.81. The van der Waals surface area contributed by atoms with Gasteiger partial charge in [-0.05, 0) is 52.6 Å². The average molecular weight is 269 g/mol. The number of nitrogens with zero attached hydrogens (tertiary/aromatic N) is 1. The Labute approximate surface area is 116 Å². The molecule has 0 saturated carbocycles. The smallest absolute Gasteiger partial charge is 0.407 e. The largest absolute Gasteiger partial charge is 0.444 e. The maximum Gasteiger partial charge on any atom is 0.407 e. The van der Waals surface area contributed by atoms with Gasteiger partial charge in [-0.25, -0.2) is 4.79 Å². The molecule has 0 spiro atoms. The summed E-state index contributed by atoms with van der Waals surface area (Å²) in [5, 5.41) is 6.36. The van der Waals surface area contributed by atoms with Crippen LogP contribution in [0.3, 0.4) is 0 Å². The Hall–Kier alpha value is -0.810. The molecule has 19 heavy (non-hydrogen) atoms. The van der Waals surface area contributed by atoms with Crippen molar-refractivity contribution in [1.82, 2.24) is 15.5 Å². The molecule has 110 valence electrons. The summed E-state index contributed by atoms with van der Waals surface area (Å²) >= 11 is 0. The van der Waals surface area contributed by atoms with Crippen molar-refractivity contribution in [3.8, 4) is 0 Å². The number of rotatable bonds is 4. The number of amides is 1. The maximum absolute atomic E-state index is 11.5.